The summed E-state index contributed by atoms with van der Waals surface area (Å²) in [7, 11) is -3.88. The smallest absolute Gasteiger partial charge is 0.271 e. The SMILES string of the molecule is Cc1ccc([N+](=O)[O-])cc1N([C@H](C)C(=O)NCc1ccc(CN2CCCC2)cc1)S(C)(=O)=O. The van der Waals surface area contributed by atoms with Gasteiger partial charge >= 0.3 is 0 Å². The molecule has 0 unspecified atom stereocenters. The molecule has 1 N–H and O–H groups in total. The molecule has 0 bridgehead atoms. The van der Waals surface area contributed by atoms with Crippen molar-refractivity contribution in [3.8, 4) is 0 Å². The third-order valence-corrected chi connectivity index (χ3v) is 7.05. The van der Waals surface area contributed by atoms with Crippen LogP contribution in [-0.4, -0.2) is 49.5 Å². The number of carbonyl (C=O) groups excluding carboxylic acids is 1. The summed E-state index contributed by atoms with van der Waals surface area (Å²) in [5.41, 5.74) is 2.49. The molecule has 2 aromatic rings. The van der Waals surface area contributed by atoms with Crippen LogP contribution in [0.1, 0.15) is 36.5 Å². The van der Waals surface area contributed by atoms with Gasteiger partial charge in [-0.15, -0.1) is 0 Å². The Balaban J connectivity index is 1.70. The number of carbonyl (C=O) groups is 1. The summed E-state index contributed by atoms with van der Waals surface area (Å²) in [5, 5.41) is 14.0. The van der Waals surface area contributed by atoms with Crippen LogP contribution in [0, 0.1) is 17.0 Å². The summed E-state index contributed by atoms with van der Waals surface area (Å²) in [5.74, 6) is -0.493. The molecule has 0 radical (unpaired) electrons. The second-order valence-electron chi connectivity index (χ2n) is 8.48. The lowest BCUT2D eigenvalue weighted by atomic mass is 10.1. The van der Waals surface area contributed by atoms with Crippen molar-refractivity contribution in [3.63, 3.8) is 0 Å². The molecular formula is C23H30N4O5S. The van der Waals surface area contributed by atoms with Crippen LogP contribution in [0.4, 0.5) is 11.4 Å². The van der Waals surface area contributed by atoms with Crippen LogP contribution in [0.3, 0.4) is 0 Å². The molecule has 1 saturated heterocycles. The Kier molecular flexibility index (Phi) is 7.70. The second-order valence-corrected chi connectivity index (χ2v) is 10.3. The summed E-state index contributed by atoms with van der Waals surface area (Å²) in [4.78, 5) is 25.8. The van der Waals surface area contributed by atoms with Gasteiger partial charge in [0.15, 0.2) is 0 Å². The van der Waals surface area contributed by atoms with E-state index in [9.17, 15) is 23.3 Å². The third-order valence-electron chi connectivity index (χ3n) is 5.82. The van der Waals surface area contributed by atoms with E-state index < -0.39 is 26.9 Å². The minimum Gasteiger partial charge on any atom is -0.350 e. The lowest BCUT2D eigenvalue weighted by molar-refractivity contribution is -0.384. The zero-order valence-corrected chi connectivity index (χ0v) is 20.0. The number of anilines is 1. The molecule has 1 amide bonds. The van der Waals surface area contributed by atoms with E-state index >= 15 is 0 Å². The van der Waals surface area contributed by atoms with Crippen molar-refractivity contribution >= 4 is 27.3 Å². The topological polar surface area (TPSA) is 113 Å². The number of rotatable bonds is 9. The van der Waals surface area contributed by atoms with Gasteiger partial charge in [0.2, 0.25) is 15.9 Å². The van der Waals surface area contributed by atoms with Crippen LogP contribution in [-0.2, 0) is 27.9 Å². The van der Waals surface area contributed by atoms with E-state index in [1.165, 1.54) is 43.5 Å². The molecule has 33 heavy (non-hydrogen) atoms. The first-order chi connectivity index (χ1) is 15.6. The molecule has 10 heteroatoms. The van der Waals surface area contributed by atoms with Gasteiger partial charge in [-0.25, -0.2) is 8.42 Å². The molecule has 0 aromatic heterocycles. The fourth-order valence-corrected chi connectivity index (χ4v) is 5.25. The molecule has 0 spiro atoms. The molecule has 1 heterocycles. The van der Waals surface area contributed by atoms with Gasteiger partial charge in [-0.2, -0.15) is 0 Å². The average molecular weight is 475 g/mol. The van der Waals surface area contributed by atoms with E-state index in [4.69, 9.17) is 0 Å². The molecule has 0 saturated carbocycles. The average Bonchev–Trinajstić information content (AvgIpc) is 3.26. The number of amides is 1. The van der Waals surface area contributed by atoms with Crippen LogP contribution >= 0.6 is 0 Å². The number of likely N-dealkylation sites (tertiary alicyclic amines) is 1. The van der Waals surface area contributed by atoms with Gasteiger partial charge in [-0.3, -0.25) is 24.1 Å². The highest BCUT2D eigenvalue weighted by atomic mass is 32.2. The highest BCUT2D eigenvalue weighted by molar-refractivity contribution is 7.92. The fraction of sp³-hybridized carbons (Fsp3) is 0.435. The number of nitro benzene ring substituents is 1. The Morgan fingerprint density at radius 3 is 2.33 bits per heavy atom. The molecule has 1 atom stereocenters. The summed E-state index contributed by atoms with van der Waals surface area (Å²) >= 11 is 0. The minimum atomic E-state index is -3.88. The molecule has 178 valence electrons. The molecule has 0 aliphatic carbocycles. The van der Waals surface area contributed by atoms with E-state index in [1.54, 1.807) is 6.92 Å². The van der Waals surface area contributed by atoms with Crippen molar-refractivity contribution in [3.05, 3.63) is 69.3 Å². The molecule has 3 rings (SSSR count). The molecule has 1 fully saturated rings. The summed E-state index contributed by atoms with van der Waals surface area (Å²) in [6, 6.07) is 10.9. The van der Waals surface area contributed by atoms with Gasteiger partial charge in [-0.05, 0) is 56.5 Å². The van der Waals surface area contributed by atoms with Crippen molar-refractivity contribution in [1.82, 2.24) is 10.2 Å². The number of non-ortho nitro benzene ring substituents is 1. The predicted octanol–water partition coefficient (Wildman–Crippen LogP) is 2.97. The number of benzene rings is 2. The Hall–Kier alpha value is -2.98. The lowest BCUT2D eigenvalue weighted by Crippen LogP contribution is -2.48. The summed E-state index contributed by atoms with van der Waals surface area (Å²) < 4.78 is 26.0. The van der Waals surface area contributed by atoms with Gasteiger partial charge in [0.05, 0.1) is 16.9 Å². The van der Waals surface area contributed by atoms with Crippen LogP contribution in [0.15, 0.2) is 42.5 Å². The van der Waals surface area contributed by atoms with Gasteiger partial charge in [0, 0.05) is 25.2 Å². The second kappa shape index (κ2) is 10.3. The number of nitro groups is 1. The highest BCUT2D eigenvalue weighted by Crippen LogP contribution is 2.29. The standard InChI is InChI=1S/C23H30N4O5S/c1-17-6-11-21(27(29)30)14-22(17)26(33(3,31)32)18(2)23(28)24-15-19-7-9-20(10-8-19)16-25-12-4-5-13-25/h6-11,14,18H,4-5,12-13,15-16H2,1-3H3,(H,24,28)/t18-/m1/s1. The zero-order valence-electron chi connectivity index (χ0n) is 19.2. The first-order valence-electron chi connectivity index (χ1n) is 10.9. The van der Waals surface area contributed by atoms with Crippen molar-refractivity contribution < 1.29 is 18.1 Å². The number of hydrogen-bond donors (Lipinski definition) is 1. The summed E-state index contributed by atoms with van der Waals surface area (Å²) in [6.45, 7) is 6.51. The van der Waals surface area contributed by atoms with E-state index in [-0.39, 0.29) is 17.9 Å². The molecular weight excluding hydrogens is 444 g/mol. The van der Waals surface area contributed by atoms with Crippen LogP contribution < -0.4 is 9.62 Å². The quantitative estimate of drug-likeness (QED) is 0.442. The minimum absolute atomic E-state index is 0.112. The number of aryl methyl sites for hydroxylation is 1. The van der Waals surface area contributed by atoms with Crippen molar-refractivity contribution in [2.75, 3.05) is 23.7 Å². The maximum Gasteiger partial charge on any atom is 0.271 e. The maximum absolute atomic E-state index is 12.8. The van der Waals surface area contributed by atoms with E-state index in [0.29, 0.717) is 5.56 Å². The fourth-order valence-electron chi connectivity index (χ4n) is 4.03. The number of nitrogens with zero attached hydrogens (tertiary/aromatic N) is 3. The first kappa shape index (κ1) is 24.7. The first-order valence-corrected chi connectivity index (χ1v) is 12.7. The number of nitrogens with one attached hydrogen (secondary N) is 1. The largest absolute Gasteiger partial charge is 0.350 e. The van der Waals surface area contributed by atoms with Crippen molar-refractivity contribution in [2.24, 2.45) is 0 Å². The van der Waals surface area contributed by atoms with Gasteiger partial charge in [-0.1, -0.05) is 30.3 Å². The monoisotopic (exact) mass is 474 g/mol. The Labute approximate surface area is 194 Å². The van der Waals surface area contributed by atoms with Crippen LogP contribution in [0.2, 0.25) is 0 Å². The van der Waals surface area contributed by atoms with Crippen LogP contribution in [0.5, 0.6) is 0 Å². The summed E-state index contributed by atoms with van der Waals surface area (Å²) in [6.07, 6.45) is 3.46. The van der Waals surface area contributed by atoms with Gasteiger partial charge < -0.3 is 5.32 Å². The molecule has 1 aliphatic rings. The number of hydrogen-bond acceptors (Lipinski definition) is 6. The highest BCUT2D eigenvalue weighted by Gasteiger charge is 2.31. The van der Waals surface area contributed by atoms with Gasteiger partial charge in [0.1, 0.15) is 6.04 Å². The van der Waals surface area contributed by atoms with Crippen molar-refractivity contribution in [1.29, 1.82) is 0 Å². The van der Waals surface area contributed by atoms with Crippen molar-refractivity contribution in [2.45, 2.75) is 45.8 Å². The maximum atomic E-state index is 12.8. The van der Waals surface area contributed by atoms with Gasteiger partial charge in [0.25, 0.3) is 5.69 Å². The Morgan fingerprint density at radius 1 is 1.15 bits per heavy atom. The van der Waals surface area contributed by atoms with Crippen LogP contribution in [0.25, 0.3) is 0 Å². The molecule has 2 aromatic carbocycles. The Morgan fingerprint density at radius 2 is 1.76 bits per heavy atom. The Bertz CT molecular complexity index is 1110. The molecule has 9 nitrogen and oxygen atoms in total. The lowest BCUT2D eigenvalue weighted by Gasteiger charge is -2.29. The van der Waals surface area contributed by atoms with E-state index in [1.807, 2.05) is 24.3 Å². The zero-order chi connectivity index (χ0) is 24.2. The normalized spacial score (nSPS) is 15.2. The van der Waals surface area contributed by atoms with E-state index in [0.717, 1.165) is 35.8 Å². The third kappa shape index (κ3) is 6.29. The van der Waals surface area contributed by atoms with E-state index in [2.05, 4.69) is 10.2 Å². The number of sulfonamides is 1. The molecule has 1 aliphatic heterocycles. The predicted molar refractivity (Wildman–Crippen MR) is 127 cm³/mol.